The van der Waals surface area contributed by atoms with Gasteiger partial charge in [-0.25, -0.2) is 0 Å². The van der Waals surface area contributed by atoms with E-state index in [0.29, 0.717) is 6.42 Å². The molecule has 0 bridgehead atoms. The highest BCUT2D eigenvalue weighted by Gasteiger charge is 2.46. The van der Waals surface area contributed by atoms with Crippen LogP contribution in [0.5, 0.6) is 0 Å². The zero-order valence-electron chi connectivity index (χ0n) is 56.6. The summed E-state index contributed by atoms with van der Waals surface area (Å²) in [6.07, 6.45) is 2.60. The number of allylic oxidation sites excluding steroid dienone is 2. The Bertz CT molecular complexity index is 2410. The number of hydrogen-bond donors (Lipinski definition) is 5. The van der Waals surface area contributed by atoms with E-state index in [1.807, 2.05) is 41.5 Å². The van der Waals surface area contributed by atoms with Gasteiger partial charge < -0.3 is 60.7 Å². The number of rotatable bonds is 14. The molecule has 0 spiro atoms. The van der Waals surface area contributed by atoms with Gasteiger partial charge in [0.05, 0.1) is 6.10 Å². The number of nitrogens with zero attached hydrogens (tertiary/aromatic N) is 7. The van der Waals surface area contributed by atoms with Gasteiger partial charge in [0.2, 0.25) is 59.1 Å². The molecule has 0 aromatic rings. The first-order valence-corrected chi connectivity index (χ1v) is 30.7. The van der Waals surface area contributed by atoms with Crippen molar-refractivity contribution in [3.63, 3.8) is 0 Å². The average molecular weight is 1210 g/mol. The van der Waals surface area contributed by atoms with Gasteiger partial charge in [-0.3, -0.25) is 52.7 Å². The second-order valence-corrected chi connectivity index (χ2v) is 26.1. The second-order valence-electron chi connectivity index (χ2n) is 26.1. The third kappa shape index (κ3) is 20.9. The van der Waals surface area contributed by atoms with Crippen LogP contribution in [0, 0.1) is 41.4 Å². The van der Waals surface area contributed by atoms with Crippen molar-refractivity contribution in [2.24, 2.45) is 41.4 Å². The van der Waals surface area contributed by atoms with Crippen molar-refractivity contribution >= 4 is 65.0 Å². The van der Waals surface area contributed by atoms with Gasteiger partial charge in [0.15, 0.2) is 0 Å². The summed E-state index contributed by atoms with van der Waals surface area (Å²) in [6, 6.07) is -12.0. The van der Waals surface area contributed by atoms with E-state index in [9.17, 15) is 48.3 Å². The molecule has 0 aromatic heterocycles. The summed E-state index contributed by atoms with van der Waals surface area (Å²) >= 11 is 0. The van der Waals surface area contributed by atoms with Gasteiger partial charge in [0, 0.05) is 61.8 Å². The quantitative estimate of drug-likeness (QED) is 0.123. The lowest BCUT2D eigenvalue weighted by Crippen LogP contribution is -2.63. The minimum atomic E-state index is -1.64. The molecule has 0 unspecified atom stereocenters. The zero-order valence-corrected chi connectivity index (χ0v) is 56.6. The molecule has 490 valence electrons. The van der Waals surface area contributed by atoms with Crippen molar-refractivity contribution in [3.05, 3.63) is 24.4 Å². The number of carbonyl (C=O) groups is 11. The first-order valence-electron chi connectivity index (χ1n) is 30.7. The minimum absolute atomic E-state index is 0.0264. The molecule has 0 saturated carbocycles. The molecule has 0 aliphatic carbocycles. The Balaban J connectivity index is 4.31. The Kier molecular flexibility index (Phi) is 31.4. The van der Waals surface area contributed by atoms with Crippen LogP contribution in [0.15, 0.2) is 24.4 Å². The van der Waals surface area contributed by atoms with E-state index in [0.717, 1.165) is 14.7 Å². The topological polar surface area (TPSA) is 279 Å². The SMILES string of the molecule is C=C1C(=O)N(C)[C@@H](C(C)C)C(=O)N[C@@H](C(C)C)C(=O)N(C)[C@@H](CC(C)C)C(=O)N[C@@H](C)C(=O)N[C@H](C)CC(=O)N(C)[C@@H](CC(C)C)C(=O)N(C)[C@@H](CC(C)C)C(=O)N(C)[C@@H](C(C)C)C(=O)N(C)[C@@H]([C@H](O)[C@H](C)C/C=C/C)C(=O)N[C@@H](CC)C(=O)N1C. The first-order chi connectivity index (χ1) is 39.6. The first kappa shape index (κ1) is 77.6. The largest absolute Gasteiger partial charge is 0.390 e. The molecule has 1 saturated heterocycles. The highest BCUT2D eigenvalue weighted by Crippen LogP contribution is 2.26. The number of aliphatic hydroxyl groups excluding tert-OH is 1. The van der Waals surface area contributed by atoms with Crippen LogP contribution in [0.25, 0.3) is 0 Å². The molecule has 1 heterocycles. The summed E-state index contributed by atoms with van der Waals surface area (Å²) < 4.78 is 0. The highest BCUT2D eigenvalue weighted by atomic mass is 16.3. The maximum atomic E-state index is 15.1. The van der Waals surface area contributed by atoms with Crippen molar-refractivity contribution < 1.29 is 57.8 Å². The summed E-state index contributed by atoms with van der Waals surface area (Å²) in [4.78, 5) is 168. The maximum Gasteiger partial charge on any atom is 0.270 e. The second kappa shape index (κ2) is 34.8. The van der Waals surface area contributed by atoms with Crippen molar-refractivity contribution in [2.45, 2.75) is 223 Å². The van der Waals surface area contributed by atoms with Gasteiger partial charge >= 0.3 is 0 Å². The van der Waals surface area contributed by atoms with E-state index >= 15 is 9.59 Å². The molecule has 11 amide bonds. The van der Waals surface area contributed by atoms with Crippen LogP contribution in [0.4, 0.5) is 0 Å². The van der Waals surface area contributed by atoms with E-state index in [1.165, 1.54) is 75.9 Å². The van der Waals surface area contributed by atoms with Gasteiger partial charge in [-0.05, 0) is 94.3 Å². The van der Waals surface area contributed by atoms with Gasteiger partial charge in [0.25, 0.3) is 5.91 Å². The molecule has 1 aliphatic heterocycles. The lowest BCUT2D eigenvalue weighted by atomic mass is 9.91. The average Bonchev–Trinajstić information content (AvgIpc) is 2.59. The maximum absolute atomic E-state index is 15.1. The third-order valence-electron chi connectivity index (χ3n) is 16.3. The van der Waals surface area contributed by atoms with Crippen LogP contribution in [0.3, 0.4) is 0 Å². The molecule has 5 N–H and O–H groups in total. The molecular weight excluding hydrogens is 1100 g/mol. The van der Waals surface area contributed by atoms with Crippen LogP contribution in [0.1, 0.15) is 156 Å². The van der Waals surface area contributed by atoms with Crippen molar-refractivity contribution in [1.29, 1.82) is 0 Å². The minimum Gasteiger partial charge on any atom is -0.390 e. The summed E-state index contributed by atoms with van der Waals surface area (Å²) in [5, 5.41) is 23.2. The van der Waals surface area contributed by atoms with Crippen LogP contribution >= 0.6 is 0 Å². The Morgan fingerprint density at radius 2 is 0.965 bits per heavy atom. The summed E-state index contributed by atoms with van der Waals surface area (Å²) in [5.74, 6) is -10.2. The zero-order chi connectivity index (χ0) is 66.8. The van der Waals surface area contributed by atoms with Crippen LogP contribution in [-0.4, -0.2) is 220 Å². The fourth-order valence-corrected chi connectivity index (χ4v) is 10.9. The molecule has 0 aromatic carbocycles. The number of hydrogen-bond acceptors (Lipinski definition) is 12. The molecule has 12 atom stereocenters. The van der Waals surface area contributed by atoms with Gasteiger partial charge in [-0.1, -0.05) is 116 Å². The summed E-state index contributed by atoms with van der Waals surface area (Å²) in [6.45, 7) is 33.6. The van der Waals surface area contributed by atoms with Gasteiger partial charge in [0.1, 0.15) is 60.1 Å². The molecule has 23 heteroatoms. The number of amides is 11. The molecule has 23 nitrogen and oxygen atoms in total. The highest BCUT2D eigenvalue weighted by molar-refractivity contribution is 6.02. The third-order valence-corrected chi connectivity index (χ3v) is 16.3. The number of likely N-dealkylation sites (N-methyl/N-ethyl adjacent to an activating group) is 7. The Hall–Kier alpha value is -6.39. The Morgan fingerprint density at radius 1 is 0.512 bits per heavy atom. The number of nitrogens with one attached hydrogen (secondary N) is 4. The van der Waals surface area contributed by atoms with Crippen LogP contribution in [0.2, 0.25) is 0 Å². The van der Waals surface area contributed by atoms with E-state index in [4.69, 9.17) is 0 Å². The number of aliphatic hydroxyl groups is 1. The molecule has 86 heavy (non-hydrogen) atoms. The van der Waals surface area contributed by atoms with Gasteiger partial charge in [-0.15, -0.1) is 0 Å². The lowest BCUT2D eigenvalue weighted by Gasteiger charge is -2.41. The molecule has 1 fully saturated rings. The Morgan fingerprint density at radius 3 is 1.43 bits per heavy atom. The normalized spacial score (nSPS) is 26.9. The van der Waals surface area contributed by atoms with E-state index in [1.54, 1.807) is 81.4 Å². The van der Waals surface area contributed by atoms with Crippen LogP contribution < -0.4 is 21.3 Å². The molecule has 1 rings (SSSR count). The van der Waals surface area contributed by atoms with Crippen molar-refractivity contribution in [3.8, 4) is 0 Å². The molecular formula is C63H111N11O12. The summed E-state index contributed by atoms with van der Waals surface area (Å²) in [7, 11) is 9.82. The number of carbonyl (C=O) groups excluding carboxylic acids is 11. The monoisotopic (exact) mass is 1210 g/mol. The van der Waals surface area contributed by atoms with Gasteiger partial charge in [-0.2, -0.15) is 0 Å². The smallest absolute Gasteiger partial charge is 0.270 e. The predicted octanol–water partition coefficient (Wildman–Crippen LogP) is 3.78. The van der Waals surface area contributed by atoms with Crippen molar-refractivity contribution in [2.75, 3.05) is 49.3 Å². The van der Waals surface area contributed by atoms with E-state index in [2.05, 4.69) is 27.8 Å². The van der Waals surface area contributed by atoms with E-state index in [-0.39, 0.29) is 55.6 Å². The lowest BCUT2D eigenvalue weighted by molar-refractivity contribution is -0.157. The standard InChI is InChI=1S/C63H111N11O12/c1-26-28-29-40(15)53(76)52-57(80)66-44(27-2)59(82)68(19)43(18)58(81)72(23)50(38(11)12)56(79)67-49(37(9)10)62(85)70(21)45(30-34(3)4)55(78)65-42(17)54(77)64-41(16)33-48(75)69(20)46(31-35(5)6)60(83)71(22)47(32-36(7)8)61(84)73(24)51(39(13)14)63(86)74(52)25/h26,28,34-42,44-47,49-53,76H,18,27,29-33H2,1-17,19-25H3,(H,64,77)(H,65,78)(H,66,80)(H,67,79)/b28-26+/t40-,41-,42+,44+,45+,46+,47+,49+,50+,51+,52+,53-/m1/s1. The fraction of sp³-hybridized carbons (Fsp3) is 0.762. The Labute approximate surface area is 514 Å². The van der Waals surface area contributed by atoms with Crippen LogP contribution in [-0.2, 0) is 52.7 Å². The molecule has 1 aliphatic rings. The molecule has 0 radical (unpaired) electrons. The summed E-state index contributed by atoms with van der Waals surface area (Å²) in [5.41, 5.74) is -0.368. The van der Waals surface area contributed by atoms with Crippen molar-refractivity contribution in [1.82, 2.24) is 55.6 Å². The van der Waals surface area contributed by atoms with E-state index < -0.39 is 155 Å². The predicted molar refractivity (Wildman–Crippen MR) is 333 cm³/mol. The fourth-order valence-electron chi connectivity index (χ4n) is 10.9.